The van der Waals surface area contributed by atoms with E-state index in [-0.39, 0.29) is 29.9 Å². The summed E-state index contributed by atoms with van der Waals surface area (Å²) in [6.45, 7) is 7.32. The van der Waals surface area contributed by atoms with Gasteiger partial charge in [-0.05, 0) is 43.4 Å². The zero-order valence-corrected chi connectivity index (χ0v) is 17.1. The number of hydrogen-bond donors (Lipinski definition) is 1. The summed E-state index contributed by atoms with van der Waals surface area (Å²) in [6, 6.07) is 7.51. The van der Waals surface area contributed by atoms with Crippen molar-refractivity contribution in [1.82, 2.24) is 10.2 Å². The Hall–Kier alpha value is -1.31. The van der Waals surface area contributed by atoms with E-state index in [0.717, 1.165) is 30.5 Å². The summed E-state index contributed by atoms with van der Waals surface area (Å²) < 4.78 is 4.99. The zero-order chi connectivity index (χ0) is 16.7. The van der Waals surface area contributed by atoms with Crippen LogP contribution < -0.4 is 5.32 Å². The van der Waals surface area contributed by atoms with Crippen LogP contribution >= 0.6 is 24.0 Å². The fraction of sp³-hybridized carbons (Fsp3) is 0.556. The van der Waals surface area contributed by atoms with Gasteiger partial charge in [-0.25, -0.2) is 4.79 Å². The molecule has 0 unspecified atom stereocenters. The lowest BCUT2D eigenvalue weighted by atomic mass is 9.99. The number of guanidine groups is 1. The van der Waals surface area contributed by atoms with Gasteiger partial charge in [-0.3, -0.25) is 4.99 Å². The molecule has 1 aliphatic rings. The highest BCUT2D eigenvalue weighted by molar-refractivity contribution is 14.0. The van der Waals surface area contributed by atoms with E-state index in [1.165, 1.54) is 12.8 Å². The number of halogens is 1. The van der Waals surface area contributed by atoms with E-state index in [1.807, 2.05) is 26.1 Å². The summed E-state index contributed by atoms with van der Waals surface area (Å²) in [5, 5.41) is 3.40. The van der Waals surface area contributed by atoms with Gasteiger partial charge < -0.3 is 15.0 Å². The van der Waals surface area contributed by atoms with Gasteiger partial charge in [0.05, 0.1) is 12.2 Å². The first kappa shape index (κ1) is 20.7. The highest BCUT2D eigenvalue weighted by atomic mass is 127. The maximum Gasteiger partial charge on any atom is 0.338 e. The molecule has 6 heteroatoms. The minimum absolute atomic E-state index is 0. The summed E-state index contributed by atoms with van der Waals surface area (Å²) in [6.07, 6.45) is 2.43. The molecule has 24 heavy (non-hydrogen) atoms. The second kappa shape index (κ2) is 10.5. The first-order valence-corrected chi connectivity index (χ1v) is 8.35. The van der Waals surface area contributed by atoms with Crippen LogP contribution in [0.25, 0.3) is 0 Å². The Morgan fingerprint density at radius 3 is 2.46 bits per heavy atom. The van der Waals surface area contributed by atoms with Crippen LogP contribution in [0.2, 0.25) is 0 Å². The Bertz CT molecular complexity index is 538. The molecule has 0 bridgehead atoms. The lowest BCUT2D eigenvalue weighted by Gasteiger charge is -2.32. The number of rotatable bonds is 4. The monoisotopic (exact) mass is 445 g/mol. The average Bonchev–Trinajstić information content (AvgIpc) is 2.57. The fourth-order valence-corrected chi connectivity index (χ4v) is 2.71. The molecule has 0 aromatic heterocycles. The smallest absolute Gasteiger partial charge is 0.338 e. The lowest BCUT2D eigenvalue weighted by molar-refractivity contribution is 0.0526. The van der Waals surface area contributed by atoms with Gasteiger partial charge in [-0.2, -0.15) is 0 Å². The first-order chi connectivity index (χ1) is 11.1. The molecule has 1 aliphatic heterocycles. The molecular formula is C18H28IN3O2. The second-order valence-corrected chi connectivity index (χ2v) is 5.99. The second-order valence-electron chi connectivity index (χ2n) is 5.99. The number of likely N-dealkylation sites (tertiary alicyclic amines) is 1. The van der Waals surface area contributed by atoms with E-state index in [4.69, 9.17) is 4.74 Å². The van der Waals surface area contributed by atoms with Crippen LogP contribution in [0, 0.1) is 5.92 Å². The van der Waals surface area contributed by atoms with Gasteiger partial charge in [-0.15, -0.1) is 24.0 Å². The van der Waals surface area contributed by atoms with Crippen molar-refractivity contribution in [3.05, 3.63) is 35.4 Å². The van der Waals surface area contributed by atoms with Gasteiger partial charge in [0.1, 0.15) is 0 Å². The Morgan fingerprint density at radius 2 is 1.92 bits per heavy atom. The molecule has 1 N–H and O–H groups in total. The van der Waals surface area contributed by atoms with Crippen LogP contribution in [-0.2, 0) is 11.3 Å². The van der Waals surface area contributed by atoms with Gasteiger partial charge in [0, 0.05) is 26.7 Å². The number of ether oxygens (including phenoxy) is 1. The van der Waals surface area contributed by atoms with Crippen molar-refractivity contribution in [2.24, 2.45) is 10.9 Å². The van der Waals surface area contributed by atoms with Gasteiger partial charge >= 0.3 is 5.97 Å². The number of carbonyl (C=O) groups excluding carboxylic acids is 1. The van der Waals surface area contributed by atoms with Crippen molar-refractivity contribution in [3.8, 4) is 0 Å². The van der Waals surface area contributed by atoms with Gasteiger partial charge in [0.25, 0.3) is 0 Å². The number of hydrogen-bond acceptors (Lipinski definition) is 3. The van der Waals surface area contributed by atoms with Crippen molar-refractivity contribution in [3.63, 3.8) is 0 Å². The van der Waals surface area contributed by atoms with Gasteiger partial charge in [0.15, 0.2) is 5.96 Å². The summed E-state index contributed by atoms with van der Waals surface area (Å²) in [4.78, 5) is 18.3. The number of carbonyl (C=O) groups is 1. The van der Waals surface area contributed by atoms with E-state index < -0.39 is 0 Å². The zero-order valence-electron chi connectivity index (χ0n) is 14.7. The average molecular weight is 445 g/mol. The predicted octanol–water partition coefficient (Wildman–Crippen LogP) is 3.29. The van der Waals surface area contributed by atoms with Gasteiger partial charge in [0.2, 0.25) is 0 Å². The van der Waals surface area contributed by atoms with E-state index >= 15 is 0 Å². The van der Waals surface area contributed by atoms with E-state index in [0.29, 0.717) is 18.7 Å². The third-order valence-corrected chi connectivity index (χ3v) is 4.21. The molecule has 1 aromatic rings. The summed E-state index contributed by atoms with van der Waals surface area (Å²) in [7, 11) is 1.82. The number of aliphatic imine (C=N–C) groups is 1. The van der Waals surface area contributed by atoms with Crippen LogP contribution in [0.3, 0.4) is 0 Å². The summed E-state index contributed by atoms with van der Waals surface area (Å²) in [5.74, 6) is 1.48. The minimum atomic E-state index is -0.273. The predicted molar refractivity (Wildman–Crippen MR) is 108 cm³/mol. The standard InChI is InChI=1S/C18H27N3O2.HI/c1-4-23-17(22)16-7-5-15(6-8-16)13-20-18(19-3)21-11-9-14(2)10-12-21;/h5-8,14H,4,9-13H2,1-3H3,(H,19,20);1H. The van der Waals surface area contributed by atoms with Crippen molar-refractivity contribution < 1.29 is 9.53 Å². The molecule has 1 aromatic carbocycles. The molecule has 0 saturated carbocycles. The van der Waals surface area contributed by atoms with Crippen molar-refractivity contribution in [2.75, 3.05) is 26.7 Å². The molecule has 0 atom stereocenters. The molecule has 1 fully saturated rings. The van der Waals surface area contributed by atoms with Crippen LogP contribution in [0.1, 0.15) is 42.6 Å². The normalized spacial score (nSPS) is 15.6. The quantitative estimate of drug-likeness (QED) is 0.335. The van der Waals surface area contributed by atoms with Crippen molar-refractivity contribution in [2.45, 2.75) is 33.2 Å². The highest BCUT2D eigenvalue weighted by Gasteiger charge is 2.18. The Morgan fingerprint density at radius 1 is 1.29 bits per heavy atom. The Balaban J connectivity index is 0.00000288. The number of nitrogens with one attached hydrogen (secondary N) is 1. The minimum Gasteiger partial charge on any atom is -0.462 e. The largest absolute Gasteiger partial charge is 0.462 e. The maximum absolute atomic E-state index is 11.6. The Kier molecular flexibility index (Phi) is 9.10. The van der Waals surface area contributed by atoms with E-state index in [9.17, 15) is 4.79 Å². The third kappa shape index (κ3) is 5.96. The third-order valence-electron chi connectivity index (χ3n) is 4.21. The van der Waals surface area contributed by atoms with Crippen molar-refractivity contribution >= 4 is 35.9 Å². The number of nitrogens with zero attached hydrogens (tertiary/aromatic N) is 2. The first-order valence-electron chi connectivity index (χ1n) is 8.35. The molecule has 2 rings (SSSR count). The fourth-order valence-electron chi connectivity index (χ4n) is 2.71. The molecule has 134 valence electrons. The molecule has 1 heterocycles. The van der Waals surface area contributed by atoms with Crippen LogP contribution in [0.15, 0.2) is 29.3 Å². The number of benzene rings is 1. The van der Waals surface area contributed by atoms with Crippen molar-refractivity contribution in [1.29, 1.82) is 0 Å². The number of piperidine rings is 1. The molecule has 1 saturated heterocycles. The van der Waals surface area contributed by atoms with E-state index in [1.54, 1.807) is 12.1 Å². The van der Waals surface area contributed by atoms with Crippen LogP contribution in [0.4, 0.5) is 0 Å². The molecule has 0 spiro atoms. The number of esters is 1. The SMILES string of the molecule is CCOC(=O)c1ccc(CNC(=NC)N2CCC(C)CC2)cc1.I. The van der Waals surface area contributed by atoms with E-state index in [2.05, 4.69) is 22.1 Å². The molecule has 0 radical (unpaired) electrons. The van der Waals surface area contributed by atoms with Crippen LogP contribution in [0.5, 0.6) is 0 Å². The molecular weight excluding hydrogens is 417 g/mol. The lowest BCUT2D eigenvalue weighted by Crippen LogP contribution is -2.45. The molecule has 0 amide bonds. The molecule has 0 aliphatic carbocycles. The maximum atomic E-state index is 11.6. The van der Waals surface area contributed by atoms with Gasteiger partial charge in [-0.1, -0.05) is 19.1 Å². The highest BCUT2D eigenvalue weighted by Crippen LogP contribution is 2.16. The molecule has 5 nitrogen and oxygen atoms in total. The summed E-state index contributed by atoms with van der Waals surface area (Å²) >= 11 is 0. The summed E-state index contributed by atoms with van der Waals surface area (Å²) in [5.41, 5.74) is 1.70. The van der Waals surface area contributed by atoms with Crippen LogP contribution in [-0.4, -0.2) is 43.6 Å². The topological polar surface area (TPSA) is 53.9 Å². The Labute approximate surface area is 161 Å².